The zero-order valence-corrected chi connectivity index (χ0v) is 19.0. The van der Waals surface area contributed by atoms with Crippen molar-refractivity contribution in [2.75, 3.05) is 24.4 Å². The molecule has 2 saturated carbocycles. The molecule has 2 aromatic carbocycles. The molecule has 0 radical (unpaired) electrons. The highest BCUT2D eigenvalue weighted by Gasteiger charge is 2.67. The molecular formula is C26H28N4O4. The topological polar surface area (TPSA) is 101 Å². The fourth-order valence-corrected chi connectivity index (χ4v) is 6.92. The van der Waals surface area contributed by atoms with Crippen LogP contribution in [0.25, 0.3) is 0 Å². The maximum absolute atomic E-state index is 13.0. The van der Waals surface area contributed by atoms with E-state index < -0.39 is 0 Å². The summed E-state index contributed by atoms with van der Waals surface area (Å²) in [6, 6.07) is 11.9. The van der Waals surface area contributed by atoms with Crippen molar-refractivity contribution in [2.24, 2.45) is 17.8 Å². The zero-order valence-electron chi connectivity index (χ0n) is 19.0. The third-order valence-electron chi connectivity index (χ3n) is 8.72. The predicted molar refractivity (Wildman–Crippen MR) is 126 cm³/mol. The first kappa shape index (κ1) is 20.3. The molecule has 5 aliphatic rings. The summed E-state index contributed by atoms with van der Waals surface area (Å²) < 4.78 is 11.1. The van der Waals surface area contributed by atoms with Crippen molar-refractivity contribution in [3.05, 3.63) is 47.5 Å². The molecule has 2 aromatic rings. The van der Waals surface area contributed by atoms with Gasteiger partial charge in [-0.15, -0.1) is 0 Å². The van der Waals surface area contributed by atoms with E-state index in [1.807, 2.05) is 36.4 Å². The first-order valence-electron chi connectivity index (χ1n) is 12.1. The molecule has 4 unspecified atom stereocenters. The van der Waals surface area contributed by atoms with Gasteiger partial charge in [0.1, 0.15) is 5.75 Å². The van der Waals surface area contributed by atoms with E-state index in [0.717, 1.165) is 48.4 Å². The van der Waals surface area contributed by atoms with Crippen molar-refractivity contribution >= 4 is 23.1 Å². The molecule has 8 nitrogen and oxygen atoms in total. The number of Topliss-reactive ketones (excluding diaryl/α,β-unsaturated/α-hetero) is 1. The molecule has 8 heteroatoms. The average Bonchev–Trinajstić information content (AvgIpc) is 3.18. The van der Waals surface area contributed by atoms with Gasteiger partial charge in [-0.3, -0.25) is 15.0 Å². The summed E-state index contributed by atoms with van der Waals surface area (Å²) in [7, 11) is 1.67. The highest BCUT2D eigenvalue weighted by molar-refractivity contribution is 6.09. The summed E-state index contributed by atoms with van der Waals surface area (Å²) in [5.41, 5.74) is 10.1. The van der Waals surface area contributed by atoms with Gasteiger partial charge in [-0.1, -0.05) is 6.07 Å². The minimum Gasteiger partial charge on any atom is -0.497 e. The Hall–Kier alpha value is -3.10. The summed E-state index contributed by atoms with van der Waals surface area (Å²) in [5.74, 6) is 2.93. The van der Waals surface area contributed by atoms with Gasteiger partial charge in [0.2, 0.25) is 11.7 Å². The summed E-state index contributed by atoms with van der Waals surface area (Å²) in [4.78, 5) is 25.1. The first-order valence-corrected chi connectivity index (χ1v) is 12.1. The van der Waals surface area contributed by atoms with Crippen LogP contribution in [0.3, 0.4) is 0 Å². The van der Waals surface area contributed by atoms with Crippen LogP contribution in [0.4, 0.5) is 11.4 Å². The lowest BCUT2D eigenvalue weighted by molar-refractivity contribution is -0.118. The van der Waals surface area contributed by atoms with Crippen molar-refractivity contribution in [3.8, 4) is 11.5 Å². The Morgan fingerprint density at radius 1 is 1.15 bits per heavy atom. The summed E-state index contributed by atoms with van der Waals surface area (Å²) in [6.45, 7) is 0.115. The van der Waals surface area contributed by atoms with Crippen LogP contribution in [-0.2, 0) is 10.2 Å². The van der Waals surface area contributed by atoms with Crippen molar-refractivity contribution in [1.29, 1.82) is 0 Å². The molecule has 2 aliphatic carbocycles. The lowest BCUT2D eigenvalue weighted by Crippen LogP contribution is -2.39. The number of ether oxygens (including phenoxy) is 2. The minimum absolute atomic E-state index is 0.0306. The van der Waals surface area contributed by atoms with E-state index in [0.29, 0.717) is 35.1 Å². The number of benzene rings is 2. The van der Waals surface area contributed by atoms with Gasteiger partial charge < -0.3 is 20.1 Å². The van der Waals surface area contributed by atoms with Gasteiger partial charge in [-0.2, -0.15) is 0 Å². The Kier molecular flexibility index (Phi) is 4.30. The van der Waals surface area contributed by atoms with E-state index in [-0.39, 0.29) is 29.9 Å². The second-order valence-corrected chi connectivity index (χ2v) is 10.3. The Morgan fingerprint density at radius 2 is 2.06 bits per heavy atom. The minimum atomic E-state index is -0.389. The Morgan fingerprint density at radius 3 is 2.94 bits per heavy atom. The van der Waals surface area contributed by atoms with Gasteiger partial charge in [0.15, 0.2) is 12.4 Å². The molecule has 1 amide bonds. The van der Waals surface area contributed by atoms with Crippen LogP contribution in [0.15, 0.2) is 36.4 Å². The predicted octanol–water partition coefficient (Wildman–Crippen LogP) is 2.81. The number of anilines is 2. The molecule has 1 saturated heterocycles. The van der Waals surface area contributed by atoms with E-state index in [9.17, 15) is 9.59 Å². The molecule has 3 heterocycles. The molecule has 34 heavy (non-hydrogen) atoms. The molecule has 7 rings (SSSR count). The van der Waals surface area contributed by atoms with Crippen LogP contribution in [0, 0.1) is 17.8 Å². The van der Waals surface area contributed by atoms with Gasteiger partial charge in [-0.25, -0.2) is 5.43 Å². The number of hydrogen-bond acceptors (Lipinski definition) is 7. The highest BCUT2D eigenvalue weighted by atomic mass is 16.5. The summed E-state index contributed by atoms with van der Waals surface area (Å²) in [6.07, 6.45) is 4.18. The van der Waals surface area contributed by atoms with Crippen molar-refractivity contribution in [2.45, 2.75) is 43.3 Å². The van der Waals surface area contributed by atoms with E-state index in [2.05, 4.69) is 21.5 Å². The maximum atomic E-state index is 13.0. The third-order valence-corrected chi connectivity index (χ3v) is 8.72. The van der Waals surface area contributed by atoms with Gasteiger partial charge in [0.05, 0.1) is 29.9 Å². The number of ketones is 1. The lowest BCUT2D eigenvalue weighted by Gasteiger charge is -2.34. The van der Waals surface area contributed by atoms with Crippen LogP contribution in [0.5, 0.6) is 11.5 Å². The second kappa shape index (κ2) is 7.20. The normalized spacial score (nSPS) is 34.8. The van der Waals surface area contributed by atoms with Crippen LogP contribution in [-0.4, -0.2) is 37.6 Å². The van der Waals surface area contributed by atoms with Gasteiger partial charge in [0, 0.05) is 17.6 Å². The van der Waals surface area contributed by atoms with Crippen molar-refractivity contribution < 1.29 is 19.1 Å². The number of methoxy groups -OCH3 is 1. The summed E-state index contributed by atoms with van der Waals surface area (Å²) in [5, 5.41) is 6.68. The molecule has 0 aromatic heterocycles. The highest BCUT2D eigenvalue weighted by Crippen LogP contribution is 2.65. The third kappa shape index (κ3) is 2.78. The number of hydrazine groups is 1. The fourth-order valence-electron chi connectivity index (χ4n) is 6.92. The number of hydrogen-bond donors (Lipinski definition) is 4. The number of carbonyl (C=O) groups is 2. The number of rotatable bonds is 4. The molecular weight excluding hydrogens is 432 g/mol. The lowest BCUT2D eigenvalue weighted by atomic mass is 9.74. The molecule has 1 spiro atoms. The van der Waals surface area contributed by atoms with E-state index in [1.165, 1.54) is 0 Å². The van der Waals surface area contributed by atoms with Gasteiger partial charge in [-0.05, 0) is 73.4 Å². The number of fused-ring (bicyclic) bond motifs is 4. The second-order valence-electron chi connectivity index (χ2n) is 10.3. The maximum Gasteiger partial charge on any atom is 0.235 e. The summed E-state index contributed by atoms with van der Waals surface area (Å²) >= 11 is 0. The standard InChI is InChI=1S/C26H28N4O4/c1-33-14-6-8-19-17(10-14)26(25(32)28-19)11-18(26)13-5-7-15-21(9-13)29-30-24(15)27-20-4-2-3-16-22(31)12-34-23(16)20/h2-4,6,8,10,13,15,18,21,24,27,29-30H,5,7,9,11-12H2,1H3,(H,28,32)/t13?,15?,18-,21?,24?,26-/m0/s1. The smallest absolute Gasteiger partial charge is 0.235 e. The zero-order chi connectivity index (χ0) is 23.0. The van der Waals surface area contributed by atoms with Gasteiger partial charge >= 0.3 is 0 Å². The molecule has 6 atom stereocenters. The first-order chi connectivity index (χ1) is 16.6. The van der Waals surface area contributed by atoms with E-state index in [4.69, 9.17) is 9.47 Å². The Bertz CT molecular complexity index is 1220. The average molecular weight is 461 g/mol. The van der Waals surface area contributed by atoms with E-state index in [1.54, 1.807) is 7.11 Å². The molecule has 176 valence electrons. The number of amides is 1. The largest absolute Gasteiger partial charge is 0.497 e. The number of para-hydroxylation sites is 1. The quantitative estimate of drug-likeness (QED) is 0.557. The van der Waals surface area contributed by atoms with E-state index >= 15 is 0 Å². The van der Waals surface area contributed by atoms with Crippen molar-refractivity contribution in [3.63, 3.8) is 0 Å². The number of carbonyl (C=O) groups excluding carboxylic acids is 2. The Balaban J connectivity index is 1.06. The van der Waals surface area contributed by atoms with Crippen molar-refractivity contribution in [1.82, 2.24) is 10.9 Å². The fraction of sp³-hybridized carbons (Fsp3) is 0.462. The number of nitrogens with one attached hydrogen (secondary N) is 4. The molecule has 3 fully saturated rings. The Labute approximate surface area is 197 Å². The molecule has 4 N–H and O–H groups in total. The van der Waals surface area contributed by atoms with Crippen LogP contribution in [0.2, 0.25) is 0 Å². The monoisotopic (exact) mass is 460 g/mol. The molecule has 3 aliphatic heterocycles. The van der Waals surface area contributed by atoms with Crippen LogP contribution in [0.1, 0.15) is 41.6 Å². The van der Waals surface area contributed by atoms with Gasteiger partial charge in [0.25, 0.3) is 0 Å². The van der Waals surface area contributed by atoms with Crippen LogP contribution < -0.4 is 31.0 Å². The SMILES string of the molecule is COc1ccc2c(c1)[C@]1(C[C@H]1C1CCC3C(C1)NNC3Nc1cccc3c1OCC3=O)C(=O)N2. The molecule has 0 bridgehead atoms. The van der Waals surface area contributed by atoms with Crippen LogP contribution >= 0.6 is 0 Å².